The van der Waals surface area contributed by atoms with E-state index in [0.717, 1.165) is 0 Å². The van der Waals surface area contributed by atoms with Crippen LogP contribution in [-0.2, 0) is 0 Å². The van der Waals surface area contributed by atoms with Crippen LogP contribution in [0.1, 0.15) is 0 Å². The Morgan fingerprint density at radius 2 is 1.81 bits per heavy atom. The molecule has 6 nitrogen and oxygen atoms in total. The second-order valence-corrected chi connectivity index (χ2v) is 4.56. The van der Waals surface area contributed by atoms with Gasteiger partial charge in [0.15, 0.2) is 5.15 Å². The molecule has 1 heterocycles. The molecule has 0 N–H and O–H groups in total. The average molecular weight is 302 g/mol. The van der Waals surface area contributed by atoms with Crippen LogP contribution >= 0.6 is 11.6 Å². The van der Waals surface area contributed by atoms with Crippen LogP contribution in [0.15, 0.2) is 48.5 Å². The third kappa shape index (κ3) is 2.61. The van der Waals surface area contributed by atoms with Crippen molar-refractivity contribution >= 4 is 28.1 Å². The normalized spacial score (nSPS) is 10.5. The van der Waals surface area contributed by atoms with Gasteiger partial charge in [0.1, 0.15) is 5.75 Å². The Morgan fingerprint density at radius 3 is 2.57 bits per heavy atom. The predicted molar refractivity (Wildman–Crippen MR) is 77.7 cm³/mol. The van der Waals surface area contributed by atoms with Gasteiger partial charge in [0.05, 0.1) is 11.0 Å². The Bertz CT molecular complexity index is 839. The molecule has 0 spiro atoms. The standard InChI is InChI=1S/C14H8ClN3O3/c15-13-11-6-1-2-7-12(11)14(17-16-13)21-10-5-3-4-9(8-10)18(19)20/h1-8H. The van der Waals surface area contributed by atoms with E-state index >= 15 is 0 Å². The first-order chi connectivity index (χ1) is 10.1. The first-order valence-electron chi connectivity index (χ1n) is 5.98. The molecule has 2 aromatic carbocycles. The van der Waals surface area contributed by atoms with Gasteiger partial charge in [-0.1, -0.05) is 35.9 Å². The van der Waals surface area contributed by atoms with Gasteiger partial charge in [0.25, 0.3) is 5.69 Å². The summed E-state index contributed by atoms with van der Waals surface area (Å²) in [5.41, 5.74) is -0.0567. The zero-order chi connectivity index (χ0) is 14.8. The molecule has 0 saturated carbocycles. The van der Waals surface area contributed by atoms with Gasteiger partial charge in [-0.3, -0.25) is 10.1 Å². The summed E-state index contributed by atoms with van der Waals surface area (Å²) in [6.45, 7) is 0. The van der Waals surface area contributed by atoms with E-state index < -0.39 is 4.92 Å². The monoisotopic (exact) mass is 301 g/mol. The molecule has 0 fully saturated rings. The molecular weight excluding hydrogens is 294 g/mol. The van der Waals surface area contributed by atoms with E-state index in [1.54, 1.807) is 24.3 Å². The number of ether oxygens (including phenoxy) is 1. The van der Waals surface area contributed by atoms with Gasteiger partial charge in [0.2, 0.25) is 5.88 Å². The lowest BCUT2D eigenvalue weighted by Crippen LogP contribution is -1.94. The number of halogens is 1. The maximum atomic E-state index is 10.8. The number of fused-ring (bicyclic) bond motifs is 1. The second-order valence-electron chi connectivity index (χ2n) is 4.20. The van der Waals surface area contributed by atoms with E-state index in [1.165, 1.54) is 12.1 Å². The number of hydrogen-bond acceptors (Lipinski definition) is 5. The maximum absolute atomic E-state index is 10.8. The smallest absolute Gasteiger partial charge is 0.273 e. The lowest BCUT2D eigenvalue weighted by Gasteiger charge is -2.07. The number of hydrogen-bond donors (Lipinski definition) is 0. The number of nitro benzene ring substituents is 1. The molecule has 104 valence electrons. The van der Waals surface area contributed by atoms with Crippen molar-refractivity contribution in [3.8, 4) is 11.6 Å². The van der Waals surface area contributed by atoms with Crippen LogP contribution in [-0.4, -0.2) is 15.1 Å². The van der Waals surface area contributed by atoms with E-state index in [1.807, 2.05) is 12.1 Å². The molecule has 0 atom stereocenters. The molecule has 21 heavy (non-hydrogen) atoms. The zero-order valence-electron chi connectivity index (χ0n) is 10.6. The van der Waals surface area contributed by atoms with Crippen LogP contribution in [0.4, 0.5) is 5.69 Å². The summed E-state index contributed by atoms with van der Waals surface area (Å²) in [7, 11) is 0. The van der Waals surface area contributed by atoms with Crippen molar-refractivity contribution in [2.45, 2.75) is 0 Å². The number of non-ortho nitro benzene ring substituents is 1. The van der Waals surface area contributed by atoms with Crippen molar-refractivity contribution in [2.24, 2.45) is 0 Å². The average Bonchev–Trinajstić information content (AvgIpc) is 2.51. The third-order valence-corrected chi connectivity index (χ3v) is 3.13. The summed E-state index contributed by atoms with van der Waals surface area (Å²) < 4.78 is 5.60. The maximum Gasteiger partial charge on any atom is 0.273 e. The summed E-state index contributed by atoms with van der Waals surface area (Å²) in [6, 6.07) is 13.1. The van der Waals surface area contributed by atoms with Crippen molar-refractivity contribution in [2.75, 3.05) is 0 Å². The quantitative estimate of drug-likeness (QED) is 0.540. The van der Waals surface area contributed by atoms with Gasteiger partial charge < -0.3 is 4.74 Å². The molecule has 0 bridgehead atoms. The van der Waals surface area contributed by atoms with Gasteiger partial charge in [-0.15, -0.1) is 10.2 Å². The number of nitro groups is 1. The zero-order valence-corrected chi connectivity index (χ0v) is 11.3. The SMILES string of the molecule is O=[N+]([O-])c1cccc(Oc2nnc(Cl)c3ccccc23)c1. The molecule has 1 aromatic heterocycles. The molecule has 3 rings (SSSR count). The largest absolute Gasteiger partial charge is 0.437 e. The molecule has 0 unspecified atom stereocenters. The van der Waals surface area contributed by atoms with Gasteiger partial charge >= 0.3 is 0 Å². The van der Waals surface area contributed by atoms with Crippen molar-refractivity contribution < 1.29 is 9.66 Å². The number of aromatic nitrogens is 2. The fraction of sp³-hybridized carbons (Fsp3) is 0. The molecule has 0 aliphatic carbocycles. The molecule has 0 aliphatic heterocycles. The molecule has 0 aliphatic rings. The predicted octanol–water partition coefficient (Wildman–Crippen LogP) is 3.98. The first-order valence-corrected chi connectivity index (χ1v) is 6.36. The summed E-state index contributed by atoms with van der Waals surface area (Å²) in [4.78, 5) is 10.3. The van der Waals surface area contributed by atoms with E-state index in [0.29, 0.717) is 16.5 Å². The van der Waals surface area contributed by atoms with Gasteiger partial charge in [0, 0.05) is 16.8 Å². The summed E-state index contributed by atoms with van der Waals surface area (Å²) >= 11 is 5.98. The molecule has 3 aromatic rings. The number of benzene rings is 2. The Kier molecular flexibility index (Phi) is 3.37. The number of nitrogens with zero attached hydrogens (tertiary/aromatic N) is 3. The minimum atomic E-state index is -0.488. The molecule has 7 heteroatoms. The van der Waals surface area contributed by atoms with Gasteiger partial charge in [-0.05, 0) is 12.1 Å². The summed E-state index contributed by atoms with van der Waals surface area (Å²) in [5.74, 6) is 0.557. The molecule has 0 saturated heterocycles. The minimum Gasteiger partial charge on any atom is -0.437 e. The van der Waals surface area contributed by atoms with E-state index in [4.69, 9.17) is 16.3 Å². The molecule has 0 amide bonds. The highest BCUT2D eigenvalue weighted by Gasteiger charge is 2.11. The summed E-state index contributed by atoms with van der Waals surface area (Å²) in [6.07, 6.45) is 0. The van der Waals surface area contributed by atoms with Crippen molar-refractivity contribution in [1.82, 2.24) is 10.2 Å². The number of rotatable bonds is 3. The van der Waals surface area contributed by atoms with Crippen molar-refractivity contribution in [3.63, 3.8) is 0 Å². The molecule has 0 radical (unpaired) electrons. The van der Waals surface area contributed by atoms with Crippen molar-refractivity contribution in [3.05, 3.63) is 63.8 Å². The topological polar surface area (TPSA) is 78.2 Å². The second kappa shape index (κ2) is 5.34. The highest BCUT2D eigenvalue weighted by molar-refractivity contribution is 6.34. The van der Waals surface area contributed by atoms with E-state index in [-0.39, 0.29) is 16.7 Å². The Morgan fingerprint density at radius 1 is 1.05 bits per heavy atom. The van der Waals surface area contributed by atoms with Crippen LogP contribution in [0, 0.1) is 10.1 Å². The Balaban J connectivity index is 2.04. The first kappa shape index (κ1) is 13.3. The highest BCUT2D eigenvalue weighted by atomic mass is 35.5. The molecular formula is C14H8ClN3O3. The van der Waals surface area contributed by atoms with Gasteiger partial charge in [-0.2, -0.15) is 0 Å². The van der Waals surface area contributed by atoms with E-state index in [2.05, 4.69) is 10.2 Å². The minimum absolute atomic E-state index is 0.0567. The fourth-order valence-corrected chi connectivity index (χ4v) is 2.10. The Labute approximate surface area is 124 Å². The lowest BCUT2D eigenvalue weighted by molar-refractivity contribution is -0.384. The van der Waals surface area contributed by atoms with Crippen molar-refractivity contribution in [1.29, 1.82) is 0 Å². The fourth-order valence-electron chi connectivity index (χ4n) is 1.89. The Hall–Kier alpha value is -2.73. The van der Waals surface area contributed by atoms with Crippen LogP contribution < -0.4 is 4.74 Å². The van der Waals surface area contributed by atoms with Crippen LogP contribution in [0.2, 0.25) is 5.15 Å². The highest BCUT2D eigenvalue weighted by Crippen LogP contribution is 2.31. The van der Waals surface area contributed by atoms with Crippen LogP contribution in [0.3, 0.4) is 0 Å². The third-order valence-electron chi connectivity index (χ3n) is 2.85. The van der Waals surface area contributed by atoms with Gasteiger partial charge in [-0.25, -0.2) is 0 Å². The van der Waals surface area contributed by atoms with Crippen LogP contribution in [0.25, 0.3) is 10.8 Å². The summed E-state index contributed by atoms with van der Waals surface area (Å²) in [5, 5.41) is 20.1. The van der Waals surface area contributed by atoms with Crippen LogP contribution in [0.5, 0.6) is 11.6 Å². The van der Waals surface area contributed by atoms with E-state index in [9.17, 15) is 10.1 Å². The lowest BCUT2D eigenvalue weighted by atomic mass is 10.2.